The molecule has 0 radical (unpaired) electrons. The van der Waals surface area contributed by atoms with Gasteiger partial charge in [-0.25, -0.2) is 0 Å². The number of aromatic hydroxyl groups is 1. The molecule has 1 aliphatic heterocycles. The van der Waals surface area contributed by atoms with Crippen molar-refractivity contribution in [3.05, 3.63) is 28.8 Å². The summed E-state index contributed by atoms with van der Waals surface area (Å²) < 4.78 is 0. The van der Waals surface area contributed by atoms with E-state index < -0.39 is 0 Å². The van der Waals surface area contributed by atoms with Crippen LogP contribution in [0.4, 0.5) is 0 Å². The van der Waals surface area contributed by atoms with E-state index in [9.17, 15) is 9.90 Å². The van der Waals surface area contributed by atoms with Gasteiger partial charge in [0.1, 0.15) is 5.75 Å². The van der Waals surface area contributed by atoms with Crippen molar-refractivity contribution in [3.8, 4) is 5.75 Å². The normalized spacial score (nSPS) is 22.0. The van der Waals surface area contributed by atoms with Crippen molar-refractivity contribution in [2.75, 3.05) is 0 Å². The number of hydrogen-bond acceptors (Lipinski definition) is 3. The molecule has 1 saturated carbocycles. The minimum absolute atomic E-state index is 0.119. The van der Waals surface area contributed by atoms with Crippen LogP contribution in [0.5, 0.6) is 5.75 Å². The van der Waals surface area contributed by atoms with Crippen molar-refractivity contribution in [1.29, 1.82) is 0 Å². The number of carbonyl (C=O) groups excluding carboxylic acids is 1. The number of hydrogen-bond donors (Lipinski definition) is 3. The van der Waals surface area contributed by atoms with Crippen LogP contribution in [0.25, 0.3) is 0 Å². The van der Waals surface area contributed by atoms with Crippen LogP contribution in [0.3, 0.4) is 0 Å². The fourth-order valence-electron chi connectivity index (χ4n) is 4.33. The lowest BCUT2D eigenvalue weighted by Crippen LogP contribution is -2.52. The smallest absolute Gasteiger partial charge is 0.237 e. The lowest BCUT2D eigenvalue weighted by Gasteiger charge is -2.31. The molecule has 25 heavy (non-hydrogen) atoms. The van der Waals surface area contributed by atoms with Crippen molar-refractivity contribution >= 4 is 5.91 Å². The average molecular weight is 344 g/mol. The van der Waals surface area contributed by atoms with Gasteiger partial charge < -0.3 is 15.7 Å². The Kier molecular flexibility index (Phi) is 5.67. The van der Waals surface area contributed by atoms with Crippen molar-refractivity contribution in [2.24, 2.45) is 11.8 Å². The fraction of sp³-hybridized carbons (Fsp3) is 0.667. The van der Waals surface area contributed by atoms with Gasteiger partial charge >= 0.3 is 0 Å². The number of amides is 1. The Labute approximate surface area is 151 Å². The van der Waals surface area contributed by atoms with E-state index in [1.54, 1.807) is 6.07 Å². The monoisotopic (exact) mass is 344 g/mol. The predicted molar refractivity (Wildman–Crippen MR) is 101 cm³/mol. The van der Waals surface area contributed by atoms with Crippen LogP contribution in [0.2, 0.25) is 0 Å². The Balaban J connectivity index is 1.63. The zero-order valence-electron chi connectivity index (χ0n) is 15.8. The van der Waals surface area contributed by atoms with Gasteiger partial charge in [-0.1, -0.05) is 45.6 Å². The van der Waals surface area contributed by atoms with Crippen molar-refractivity contribution < 1.29 is 9.90 Å². The fourth-order valence-corrected chi connectivity index (χ4v) is 4.33. The van der Waals surface area contributed by atoms with Crippen molar-refractivity contribution in [2.45, 2.75) is 77.9 Å². The lowest BCUT2D eigenvalue weighted by atomic mass is 9.89. The summed E-state index contributed by atoms with van der Waals surface area (Å²) in [6.45, 7) is 6.99. The third-order valence-corrected chi connectivity index (χ3v) is 6.13. The number of rotatable bonds is 5. The molecule has 1 amide bonds. The molecule has 4 nitrogen and oxygen atoms in total. The van der Waals surface area contributed by atoms with E-state index in [4.69, 9.17) is 0 Å². The van der Waals surface area contributed by atoms with Crippen LogP contribution in [-0.4, -0.2) is 23.1 Å². The Morgan fingerprint density at radius 3 is 2.72 bits per heavy atom. The van der Waals surface area contributed by atoms with E-state index in [1.807, 2.05) is 13.0 Å². The molecule has 1 fully saturated rings. The van der Waals surface area contributed by atoms with Gasteiger partial charge in [-0.2, -0.15) is 0 Å². The van der Waals surface area contributed by atoms with E-state index in [0.717, 1.165) is 23.5 Å². The number of phenolic OH excluding ortho intramolecular Hbond substituents is 1. The molecule has 1 aromatic carbocycles. The van der Waals surface area contributed by atoms with Gasteiger partial charge in [0.15, 0.2) is 0 Å². The molecular formula is C21H32N2O2. The zero-order valence-corrected chi connectivity index (χ0v) is 15.8. The standard InChI is InChI=1S/C21H32N2O2/c1-13(2)18(10-15-6-4-5-7-15)23-21(25)19-11-16-8-9-20(24)14(3)17(16)12-22-19/h8-9,13,15,18-19,22,24H,4-7,10-12H2,1-3H3,(H,23,25)/t18-,19-/m1/s1. The number of carbonyl (C=O) groups is 1. The minimum Gasteiger partial charge on any atom is -0.508 e. The second kappa shape index (κ2) is 7.77. The van der Waals surface area contributed by atoms with Gasteiger partial charge in [0, 0.05) is 12.6 Å². The first-order valence-electron chi connectivity index (χ1n) is 9.79. The molecule has 0 saturated heterocycles. The van der Waals surface area contributed by atoms with Crippen LogP contribution < -0.4 is 10.6 Å². The van der Waals surface area contributed by atoms with Gasteiger partial charge in [-0.05, 0) is 54.4 Å². The third-order valence-electron chi connectivity index (χ3n) is 6.13. The van der Waals surface area contributed by atoms with Crippen LogP contribution in [0, 0.1) is 18.8 Å². The number of fused-ring (bicyclic) bond motifs is 1. The first-order chi connectivity index (χ1) is 12.0. The highest BCUT2D eigenvalue weighted by Gasteiger charge is 2.29. The summed E-state index contributed by atoms with van der Waals surface area (Å²) >= 11 is 0. The second-order valence-corrected chi connectivity index (χ2v) is 8.23. The van der Waals surface area contributed by atoms with Crippen molar-refractivity contribution in [1.82, 2.24) is 10.6 Å². The van der Waals surface area contributed by atoms with Gasteiger partial charge in [-0.15, -0.1) is 0 Å². The van der Waals surface area contributed by atoms with E-state index in [1.165, 1.54) is 31.2 Å². The average Bonchev–Trinajstić information content (AvgIpc) is 3.10. The quantitative estimate of drug-likeness (QED) is 0.767. The molecule has 3 rings (SSSR count). The Morgan fingerprint density at radius 1 is 1.32 bits per heavy atom. The number of benzene rings is 1. The Hall–Kier alpha value is -1.55. The van der Waals surface area contributed by atoms with Crippen molar-refractivity contribution in [3.63, 3.8) is 0 Å². The number of phenols is 1. The van der Waals surface area contributed by atoms with E-state index in [0.29, 0.717) is 24.6 Å². The van der Waals surface area contributed by atoms with Gasteiger partial charge in [0.2, 0.25) is 5.91 Å². The first-order valence-corrected chi connectivity index (χ1v) is 9.79. The minimum atomic E-state index is -0.179. The molecule has 4 heteroatoms. The van der Waals surface area contributed by atoms with E-state index >= 15 is 0 Å². The summed E-state index contributed by atoms with van der Waals surface area (Å²) in [5, 5.41) is 16.5. The molecule has 1 aliphatic carbocycles. The highest BCUT2D eigenvalue weighted by molar-refractivity contribution is 5.82. The molecular weight excluding hydrogens is 312 g/mol. The third kappa shape index (κ3) is 4.17. The summed E-state index contributed by atoms with van der Waals surface area (Å²) in [6.07, 6.45) is 7.12. The first kappa shape index (κ1) is 18.2. The molecule has 1 heterocycles. The lowest BCUT2D eigenvalue weighted by molar-refractivity contribution is -0.124. The van der Waals surface area contributed by atoms with Crippen LogP contribution in [-0.2, 0) is 17.8 Å². The summed E-state index contributed by atoms with van der Waals surface area (Å²) in [6, 6.07) is 3.78. The molecule has 0 bridgehead atoms. The summed E-state index contributed by atoms with van der Waals surface area (Å²) in [5.74, 6) is 1.69. The molecule has 138 valence electrons. The van der Waals surface area contributed by atoms with Crippen LogP contribution in [0.15, 0.2) is 12.1 Å². The summed E-state index contributed by atoms with van der Waals surface area (Å²) in [4.78, 5) is 12.8. The Bertz CT molecular complexity index is 621. The topological polar surface area (TPSA) is 61.4 Å². The van der Waals surface area contributed by atoms with Gasteiger partial charge in [-0.3, -0.25) is 4.79 Å². The predicted octanol–water partition coefficient (Wildman–Crippen LogP) is 3.44. The molecule has 0 aromatic heterocycles. The summed E-state index contributed by atoms with van der Waals surface area (Å²) in [7, 11) is 0. The number of nitrogens with one attached hydrogen (secondary N) is 2. The van der Waals surface area contributed by atoms with E-state index in [2.05, 4.69) is 24.5 Å². The summed E-state index contributed by atoms with van der Waals surface area (Å²) in [5.41, 5.74) is 3.23. The van der Waals surface area contributed by atoms with Crippen LogP contribution in [0.1, 0.15) is 62.6 Å². The molecule has 3 N–H and O–H groups in total. The molecule has 0 spiro atoms. The largest absolute Gasteiger partial charge is 0.508 e. The maximum atomic E-state index is 12.8. The zero-order chi connectivity index (χ0) is 18.0. The molecule has 0 unspecified atom stereocenters. The molecule has 2 atom stereocenters. The van der Waals surface area contributed by atoms with E-state index in [-0.39, 0.29) is 18.0 Å². The van der Waals surface area contributed by atoms with Gasteiger partial charge in [0.05, 0.1) is 6.04 Å². The highest BCUT2D eigenvalue weighted by atomic mass is 16.3. The van der Waals surface area contributed by atoms with Gasteiger partial charge in [0.25, 0.3) is 0 Å². The molecule has 2 aliphatic rings. The maximum absolute atomic E-state index is 12.8. The molecule has 1 aromatic rings. The SMILES string of the molecule is Cc1c(O)ccc2c1CN[C@@H](C(=O)N[C@H](CC1CCCC1)C(C)C)C2. The Morgan fingerprint density at radius 2 is 2.04 bits per heavy atom. The maximum Gasteiger partial charge on any atom is 0.237 e. The second-order valence-electron chi connectivity index (χ2n) is 8.23. The van der Waals surface area contributed by atoms with Crippen LogP contribution >= 0.6 is 0 Å². The highest BCUT2D eigenvalue weighted by Crippen LogP contribution is 2.30.